The fourth-order valence-corrected chi connectivity index (χ4v) is 3.41. The van der Waals surface area contributed by atoms with E-state index in [1.54, 1.807) is 0 Å². The quantitative estimate of drug-likeness (QED) is 0.915. The smallest absolute Gasteiger partial charge is 0.253 e. The molecule has 3 rings (SSSR count). The Morgan fingerprint density at radius 3 is 2.90 bits per heavy atom. The molecule has 2 aliphatic rings. The van der Waals surface area contributed by atoms with Crippen LogP contribution in [0.25, 0.3) is 0 Å². The molecule has 0 radical (unpaired) electrons. The lowest BCUT2D eigenvalue weighted by Crippen LogP contribution is -2.50. The first-order chi connectivity index (χ1) is 10.3. The summed E-state index contributed by atoms with van der Waals surface area (Å²) < 4.78 is 5.60. The topological polar surface area (TPSA) is 41.6 Å². The van der Waals surface area contributed by atoms with E-state index in [2.05, 4.69) is 36.5 Å². The van der Waals surface area contributed by atoms with Gasteiger partial charge < -0.3 is 15.0 Å². The van der Waals surface area contributed by atoms with Crippen LogP contribution in [0.15, 0.2) is 30.3 Å². The molecule has 1 N–H and O–H groups in total. The van der Waals surface area contributed by atoms with Crippen LogP contribution in [0.5, 0.6) is 0 Å². The van der Waals surface area contributed by atoms with E-state index in [1.807, 2.05) is 11.0 Å². The van der Waals surface area contributed by atoms with E-state index in [9.17, 15) is 4.79 Å². The average Bonchev–Trinajstić information content (AvgIpc) is 2.89. The highest BCUT2D eigenvalue weighted by Gasteiger charge is 2.37. The lowest BCUT2D eigenvalue weighted by Gasteiger charge is -2.31. The van der Waals surface area contributed by atoms with Crippen molar-refractivity contribution in [2.24, 2.45) is 5.92 Å². The Kier molecular flexibility index (Phi) is 4.56. The first-order valence-electron chi connectivity index (χ1n) is 7.92. The van der Waals surface area contributed by atoms with Crippen molar-refractivity contribution in [2.45, 2.75) is 31.9 Å². The Hall–Kier alpha value is -1.39. The van der Waals surface area contributed by atoms with Gasteiger partial charge in [-0.15, -0.1) is 0 Å². The highest BCUT2D eigenvalue weighted by atomic mass is 16.5. The molecule has 2 saturated heterocycles. The van der Waals surface area contributed by atoms with Crippen LogP contribution < -0.4 is 5.32 Å². The Labute approximate surface area is 126 Å². The van der Waals surface area contributed by atoms with E-state index in [0.717, 1.165) is 25.9 Å². The Bertz CT molecular complexity index is 471. The molecule has 4 nitrogen and oxygen atoms in total. The van der Waals surface area contributed by atoms with Gasteiger partial charge in [-0.05, 0) is 31.2 Å². The monoisotopic (exact) mass is 288 g/mol. The number of carbonyl (C=O) groups is 1. The standard InChI is InChI=1S/C17H24N2O2/c1-13-15(11-14-5-3-2-4-6-14)7-9-19(13)17(20)16-12-18-8-10-21-16/h2-6,13,15-16,18H,7-12H2,1H3. The normalized spacial score (nSPS) is 29.6. The van der Waals surface area contributed by atoms with Crippen molar-refractivity contribution >= 4 is 5.91 Å². The second kappa shape index (κ2) is 6.58. The lowest BCUT2D eigenvalue weighted by atomic mass is 9.93. The molecule has 3 unspecified atom stereocenters. The molecular formula is C17H24N2O2. The second-order valence-corrected chi connectivity index (χ2v) is 6.07. The summed E-state index contributed by atoms with van der Waals surface area (Å²) >= 11 is 0. The van der Waals surface area contributed by atoms with Crippen LogP contribution in [-0.4, -0.2) is 49.2 Å². The molecule has 1 aromatic rings. The number of likely N-dealkylation sites (tertiary alicyclic amines) is 1. The third-order valence-electron chi connectivity index (χ3n) is 4.74. The molecule has 114 valence electrons. The van der Waals surface area contributed by atoms with Gasteiger partial charge >= 0.3 is 0 Å². The minimum Gasteiger partial charge on any atom is -0.366 e. The van der Waals surface area contributed by atoms with Crippen molar-refractivity contribution in [3.8, 4) is 0 Å². The highest BCUT2D eigenvalue weighted by molar-refractivity contribution is 5.82. The molecule has 0 aromatic heterocycles. The van der Waals surface area contributed by atoms with Crippen LogP contribution in [0.4, 0.5) is 0 Å². The van der Waals surface area contributed by atoms with Crippen LogP contribution in [0.1, 0.15) is 18.9 Å². The molecule has 3 atom stereocenters. The number of nitrogens with one attached hydrogen (secondary N) is 1. The predicted molar refractivity (Wildman–Crippen MR) is 82.0 cm³/mol. The summed E-state index contributed by atoms with van der Waals surface area (Å²) in [6.07, 6.45) is 1.84. The number of rotatable bonds is 3. The molecular weight excluding hydrogens is 264 g/mol. The van der Waals surface area contributed by atoms with Gasteiger partial charge in [-0.2, -0.15) is 0 Å². The number of hydrogen-bond donors (Lipinski definition) is 1. The lowest BCUT2D eigenvalue weighted by molar-refractivity contribution is -0.146. The van der Waals surface area contributed by atoms with E-state index in [1.165, 1.54) is 5.56 Å². The van der Waals surface area contributed by atoms with Crippen molar-refractivity contribution in [1.29, 1.82) is 0 Å². The van der Waals surface area contributed by atoms with E-state index < -0.39 is 0 Å². The fraction of sp³-hybridized carbons (Fsp3) is 0.588. The Balaban J connectivity index is 1.60. The largest absolute Gasteiger partial charge is 0.366 e. The van der Waals surface area contributed by atoms with E-state index in [-0.39, 0.29) is 12.0 Å². The summed E-state index contributed by atoms with van der Waals surface area (Å²) in [6.45, 7) is 5.15. The minimum atomic E-state index is -0.295. The summed E-state index contributed by atoms with van der Waals surface area (Å²) in [5, 5.41) is 3.23. The van der Waals surface area contributed by atoms with Crippen molar-refractivity contribution in [2.75, 3.05) is 26.2 Å². The predicted octanol–water partition coefficient (Wildman–Crippen LogP) is 1.45. The maximum absolute atomic E-state index is 12.6. The van der Waals surface area contributed by atoms with Crippen molar-refractivity contribution in [3.05, 3.63) is 35.9 Å². The highest BCUT2D eigenvalue weighted by Crippen LogP contribution is 2.28. The molecule has 4 heteroatoms. The fourth-order valence-electron chi connectivity index (χ4n) is 3.41. The van der Waals surface area contributed by atoms with E-state index in [4.69, 9.17) is 4.74 Å². The SMILES string of the molecule is CC1C(Cc2ccccc2)CCN1C(=O)C1CNCCO1. The van der Waals surface area contributed by atoms with E-state index >= 15 is 0 Å². The average molecular weight is 288 g/mol. The number of ether oxygens (including phenoxy) is 1. The molecule has 1 amide bonds. The minimum absolute atomic E-state index is 0.158. The molecule has 0 spiro atoms. The van der Waals surface area contributed by atoms with Gasteiger partial charge in [-0.1, -0.05) is 30.3 Å². The zero-order valence-electron chi connectivity index (χ0n) is 12.6. The molecule has 0 saturated carbocycles. The zero-order chi connectivity index (χ0) is 14.7. The number of amides is 1. The van der Waals surface area contributed by atoms with Gasteiger partial charge in [0.2, 0.25) is 0 Å². The number of morpholine rings is 1. The molecule has 2 aliphatic heterocycles. The third kappa shape index (κ3) is 3.27. The van der Waals surface area contributed by atoms with Gasteiger partial charge in [0.25, 0.3) is 5.91 Å². The van der Waals surface area contributed by atoms with Gasteiger partial charge in [0, 0.05) is 25.7 Å². The first kappa shape index (κ1) is 14.5. The van der Waals surface area contributed by atoms with Crippen molar-refractivity contribution < 1.29 is 9.53 Å². The maximum Gasteiger partial charge on any atom is 0.253 e. The number of benzene rings is 1. The Morgan fingerprint density at radius 2 is 2.19 bits per heavy atom. The summed E-state index contributed by atoms with van der Waals surface area (Å²) in [4.78, 5) is 14.6. The Morgan fingerprint density at radius 1 is 1.38 bits per heavy atom. The maximum atomic E-state index is 12.6. The van der Waals surface area contributed by atoms with Crippen molar-refractivity contribution in [3.63, 3.8) is 0 Å². The van der Waals surface area contributed by atoms with Gasteiger partial charge in [0.05, 0.1) is 6.61 Å². The van der Waals surface area contributed by atoms with Gasteiger partial charge in [-0.25, -0.2) is 0 Å². The number of carbonyl (C=O) groups excluding carboxylic acids is 1. The summed E-state index contributed by atoms with van der Waals surface area (Å²) in [7, 11) is 0. The summed E-state index contributed by atoms with van der Waals surface area (Å²) in [5.41, 5.74) is 1.36. The van der Waals surface area contributed by atoms with Crippen LogP contribution in [-0.2, 0) is 16.0 Å². The third-order valence-corrected chi connectivity index (χ3v) is 4.74. The first-order valence-corrected chi connectivity index (χ1v) is 7.92. The van der Waals surface area contributed by atoms with Crippen LogP contribution in [0, 0.1) is 5.92 Å². The molecule has 0 bridgehead atoms. The molecule has 2 heterocycles. The van der Waals surface area contributed by atoms with Crippen LogP contribution in [0.3, 0.4) is 0 Å². The number of hydrogen-bond acceptors (Lipinski definition) is 3. The second-order valence-electron chi connectivity index (χ2n) is 6.07. The zero-order valence-corrected chi connectivity index (χ0v) is 12.6. The molecule has 2 fully saturated rings. The van der Waals surface area contributed by atoms with Gasteiger partial charge in [-0.3, -0.25) is 4.79 Å². The summed E-state index contributed by atoms with van der Waals surface area (Å²) in [6, 6.07) is 10.9. The number of nitrogens with zero attached hydrogens (tertiary/aromatic N) is 1. The molecule has 1 aromatic carbocycles. The van der Waals surface area contributed by atoms with Crippen LogP contribution in [0.2, 0.25) is 0 Å². The van der Waals surface area contributed by atoms with Gasteiger partial charge in [0.1, 0.15) is 6.10 Å². The van der Waals surface area contributed by atoms with E-state index in [0.29, 0.717) is 25.1 Å². The summed E-state index contributed by atoms with van der Waals surface area (Å²) in [5.74, 6) is 0.707. The van der Waals surface area contributed by atoms with Crippen LogP contribution >= 0.6 is 0 Å². The van der Waals surface area contributed by atoms with Crippen molar-refractivity contribution in [1.82, 2.24) is 10.2 Å². The van der Waals surface area contributed by atoms with Gasteiger partial charge in [0.15, 0.2) is 0 Å². The molecule has 0 aliphatic carbocycles. The molecule has 21 heavy (non-hydrogen) atoms.